The molecule has 0 radical (unpaired) electrons. The molecule has 0 saturated heterocycles. The number of hydrazine groups is 1. The fraction of sp³-hybridized carbons (Fsp3) is 0.120. The van der Waals surface area contributed by atoms with E-state index in [-0.39, 0.29) is 18.8 Å². The Labute approximate surface area is 206 Å². The van der Waals surface area contributed by atoms with Gasteiger partial charge in [0.2, 0.25) is 0 Å². The third-order valence-electron chi connectivity index (χ3n) is 5.17. The van der Waals surface area contributed by atoms with Crippen LogP contribution in [0.2, 0.25) is 5.02 Å². The van der Waals surface area contributed by atoms with Gasteiger partial charge < -0.3 is 10.2 Å². The number of nitrogens with one attached hydrogen (secondary N) is 2. The smallest absolute Gasteiger partial charge is 0.333 e. The minimum Gasteiger partial charge on any atom is -0.479 e. The van der Waals surface area contributed by atoms with Gasteiger partial charge in [0.1, 0.15) is 11.4 Å². The van der Waals surface area contributed by atoms with Crippen molar-refractivity contribution in [3.8, 4) is 22.5 Å². The molecule has 10 heteroatoms. The molecule has 0 spiro atoms. The summed E-state index contributed by atoms with van der Waals surface area (Å²) in [6.45, 7) is -0.161. The van der Waals surface area contributed by atoms with E-state index in [9.17, 15) is 14.7 Å². The number of halogens is 1. The molecule has 9 nitrogen and oxygen atoms in total. The molecule has 0 bridgehead atoms. The van der Waals surface area contributed by atoms with Crippen molar-refractivity contribution in [2.45, 2.75) is 12.6 Å². The molecule has 1 atom stereocenters. The van der Waals surface area contributed by atoms with Gasteiger partial charge in [-0.05, 0) is 47.0 Å². The maximum atomic E-state index is 12.8. The minimum atomic E-state index is -1.69. The molecule has 178 valence electrons. The van der Waals surface area contributed by atoms with Gasteiger partial charge in [-0.25, -0.2) is 9.80 Å². The van der Waals surface area contributed by atoms with E-state index in [0.717, 1.165) is 16.7 Å². The van der Waals surface area contributed by atoms with Gasteiger partial charge in [-0.1, -0.05) is 54.1 Å². The van der Waals surface area contributed by atoms with Gasteiger partial charge in [-0.3, -0.25) is 20.3 Å². The lowest BCUT2D eigenvalue weighted by Crippen LogP contribution is -2.47. The van der Waals surface area contributed by atoms with E-state index in [4.69, 9.17) is 16.7 Å². The van der Waals surface area contributed by atoms with Gasteiger partial charge in [0.25, 0.3) is 5.91 Å². The van der Waals surface area contributed by atoms with E-state index in [2.05, 4.69) is 20.6 Å². The Bertz CT molecular complexity index is 1310. The number of aliphatic hydroxyl groups excluding tert-OH is 1. The van der Waals surface area contributed by atoms with Crippen LogP contribution in [0, 0.1) is 0 Å². The first-order valence-corrected chi connectivity index (χ1v) is 11.1. The summed E-state index contributed by atoms with van der Waals surface area (Å²) in [6.07, 6.45) is -0.0666. The summed E-state index contributed by atoms with van der Waals surface area (Å²) in [5.41, 5.74) is 6.61. The van der Waals surface area contributed by atoms with Crippen LogP contribution in [0.1, 0.15) is 16.1 Å². The predicted molar refractivity (Wildman–Crippen MR) is 130 cm³/mol. The predicted octanol–water partition coefficient (Wildman–Crippen LogP) is 3.38. The molecule has 2 aromatic heterocycles. The van der Waals surface area contributed by atoms with Crippen molar-refractivity contribution < 1.29 is 19.8 Å². The molecule has 4 aromatic rings. The quantitative estimate of drug-likeness (QED) is 0.264. The number of carboxylic acid groups (broad SMARTS) is 1. The number of aromatic amines is 1. The maximum Gasteiger partial charge on any atom is 0.333 e. The minimum absolute atomic E-state index is 0.160. The highest BCUT2D eigenvalue weighted by atomic mass is 35.5. The van der Waals surface area contributed by atoms with Crippen molar-refractivity contribution in [2.24, 2.45) is 0 Å². The Morgan fingerprint density at radius 3 is 2.49 bits per heavy atom. The van der Waals surface area contributed by atoms with Crippen LogP contribution in [0.25, 0.3) is 22.5 Å². The Morgan fingerprint density at radius 1 is 1.00 bits per heavy atom. The first-order valence-electron chi connectivity index (χ1n) is 10.7. The fourth-order valence-electron chi connectivity index (χ4n) is 3.41. The highest BCUT2D eigenvalue weighted by Crippen LogP contribution is 2.23. The summed E-state index contributed by atoms with van der Waals surface area (Å²) in [5, 5.41) is 27.8. The number of hydrogen-bond donors (Lipinski definition) is 4. The SMILES string of the molecule is O=C(NN(Cc1ccc(-c2cccc(Cl)c2)cc1)C[C@@H](O)C(=O)O)c1cc(-c2ccccn2)n[nH]1. The normalized spacial score (nSPS) is 11.9. The zero-order valence-corrected chi connectivity index (χ0v) is 19.2. The summed E-state index contributed by atoms with van der Waals surface area (Å²) < 4.78 is 0. The highest BCUT2D eigenvalue weighted by molar-refractivity contribution is 6.30. The Balaban J connectivity index is 1.48. The van der Waals surface area contributed by atoms with Crippen molar-refractivity contribution in [1.82, 2.24) is 25.6 Å². The molecule has 0 saturated carbocycles. The lowest BCUT2D eigenvalue weighted by Gasteiger charge is -2.24. The van der Waals surface area contributed by atoms with E-state index in [1.54, 1.807) is 30.5 Å². The summed E-state index contributed by atoms with van der Waals surface area (Å²) >= 11 is 6.08. The summed E-state index contributed by atoms with van der Waals surface area (Å²) in [5.74, 6) is -1.92. The molecule has 1 amide bonds. The standard InChI is InChI=1S/C25H22ClN5O4/c26-19-5-3-4-18(12-19)17-9-7-16(8-10-17)14-31(15-23(32)25(34)35)30-24(33)22-13-21(28-29-22)20-6-1-2-11-27-20/h1-13,23,32H,14-15H2,(H,28,29)(H,30,33)(H,34,35)/t23-/m1/s1. The molecule has 4 N–H and O–H groups in total. The number of H-pyrrole nitrogens is 1. The summed E-state index contributed by atoms with van der Waals surface area (Å²) in [7, 11) is 0. The number of nitrogens with zero attached hydrogens (tertiary/aromatic N) is 3. The lowest BCUT2D eigenvalue weighted by molar-refractivity contribution is -0.148. The zero-order valence-electron chi connectivity index (χ0n) is 18.4. The average molecular weight is 492 g/mol. The van der Waals surface area contributed by atoms with Gasteiger partial charge in [-0.2, -0.15) is 5.10 Å². The van der Waals surface area contributed by atoms with E-state index in [1.165, 1.54) is 5.01 Å². The van der Waals surface area contributed by atoms with Crippen molar-refractivity contribution in [3.05, 3.63) is 95.3 Å². The number of aromatic nitrogens is 3. The number of carbonyl (C=O) groups is 2. The topological polar surface area (TPSA) is 131 Å². The number of hydrogen-bond acceptors (Lipinski definition) is 6. The van der Waals surface area contributed by atoms with Crippen LogP contribution in [-0.4, -0.2) is 54.9 Å². The average Bonchev–Trinajstić information content (AvgIpc) is 3.35. The van der Waals surface area contributed by atoms with Gasteiger partial charge >= 0.3 is 5.97 Å². The van der Waals surface area contributed by atoms with Crippen LogP contribution in [0.5, 0.6) is 0 Å². The van der Waals surface area contributed by atoms with Crippen LogP contribution < -0.4 is 5.43 Å². The molecule has 35 heavy (non-hydrogen) atoms. The molecule has 2 aromatic carbocycles. The molecular weight excluding hydrogens is 470 g/mol. The van der Waals surface area contributed by atoms with Crippen molar-refractivity contribution in [2.75, 3.05) is 6.54 Å². The Hall–Kier alpha value is -4.05. The van der Waals surface area contributed by atoms with Crippen LogP contribution >= 0.6 is 11.6 Å². The van der Waals surface area contributed by atoms with Crippen LogP contribution in [0.15, 0.2) is 79.0 Å². The second-order valence-electron chi connectivity index (χ2n) is 7.76. The largest absolute Gasteiger partial charge is 0.479 e. The number of aliphatic hydroxyl groups is 1. The number of rotatable bonds is 9. The molecule has 0 unspecified atom stereocenters. The molecule has 0 aliphatic rings. The van der Waals surface area contributed by atoms with Gasteiger partial charge in [0, 0.05) is 17.8 Å². The van der Waals surface area contributed by atoms with E-state index in [0.29, 0.717) is 16.4 Å². The Kier molecular flexibility index (Phi) is 7.51. The maximum absolute atomic E-state index is 12.8. The van der Waals surface area contributed by atoms with Gasteiger partial charge in [0.05, 0.1) is 12.2 Å². The van der Waals surface area contributed by atoms with E-state index >= 15 is 0 Å². The highest BCUT2D eigenvalue weighted by Gasteiger charge is 2.21. The van der Waals surface area contributed by atoms with Crippen LogP contribution in [-0.2, 0) is 11.3 Å². The van der Waals surface area contributed by atoms with Crippen LogP contribution in [0.4, 0.5) is 0 Å². The number of pyridine rings is 1. The third kappa shape index (κ3) is 6.30. The zero-order chi connectivity index (χ0) is 24.8. The molecule has 0 aliphatic carbocycles. The van der Waals surface area contributed by atoms with Crippen molar-refractivity contribution >= 4 is 23.5 Å². The lowest BCUT2D eigenvalue weighted by atomic mass is 10.0. The van der Waals surface area contributed by atoms with Crippen molar-refractivity contribution in [1.29, 1.82) is 0 Å². The number of carboxylic acids is 1. The fourth-order valence-corrected chi connectivity index (χ4v) is 3.61. The molecule has 0 fully saturated rings. The van der Waals surface area contributed by atoms with E-state index < -0.39 is 18.0 Å². The molecule has 0 aliphatic heterocycles. The molecule has 4 rings (SSSR count). The number of benzene rings is 2. The van der Waals surface area contributed by atoms with Crippen LogP contribution in [0.3, 0.4) is 0 Å². The second kappa shape index (κ2) is 10.9. The van der Waals surface area contributed by atoms with E-state index in [1.807, 2.05) is 48.5 Å². The summed E-state index contributed by atoms with van der Waals surface area (Å²) in [6, 6.07) is 21.9. The molecule has 2 heterocycles. The number of amides is 1. The number of aliphatic carboxylic acids is 1. The Morgan fingerprint density at radius 2 is 1.80 bits per heavy atom. The van der Waals surface area contributed by atoms with Gasteiger partial charge in [-0.15, -0.1) is 0 Å². The number of carbonyl (C=O) groups excluding carboxylic acids is 1. The first kappa shape index (κ1) is 24.1. The second-order valence-corrected chi connectivity index (χ2v) is 8.20. The summed E-state index contributed by atoms with van der Waals surface area (Å²) in [4.78, 5) is 28.2. The monoisotopic (exact) mass is 491 g/mol. The van der Waals surface area contributed by atoms with Crippen molar-refractivity contribution in [3.63, 3.8) is 0 Å². The first-order chi connectivity index (χ1) is 16.9. The molecular formula is C25H22ClN5O4. The third-order valence-corrected chi connectivity index (χ3v) is 5.41. The van der Waals surface area contributed by atoms with Gasteiger partial charge in [0.15, 0.2) is 6.10 Å².